The van der Waals surface area contributed by atoms with Crippen LogP contribution < -0.4 is 9.62 Å². The standard InChI is InChI=1S/C17H28N2O3S/c1-12(2)7-8-18-17(20)15(5)19(23(6,21)22)16-10-13(3)9-14(4)11-16/h9-12,15H,7-8H2,1-6H3,(H,18,20)/t15-/m0/s1. The van der Waals surface area contributed by atoms with Gasteiger partial charge >= 0.3 is 0 Å². The summed E-state index contributed by atoms with van der Waals surface area (Å²) in [6.45, 7) is 10.1. The first-order valence-corrected chi connectivity index (χ1v) is 9.72. The number of carbonyl (C=O) groups is 1. The normalized spacial score (nSPS) is 13.0. The minimum Gasteiger partial charge on any atom is -0.354 e. The highest BCUT2D eigenvalue weighted by atomic mass is 32.2. The number of anilines is 1. The average Bonchev–Trinajstić information content (AvgIpc) is 2.35. The van der Waals surface area contributed by atoms with Crippen molar-refractivity contribution in [3.8, 4) is 0 Å². The van der Waals surface area contributed by atoms with Crippen molar-refractivity contribution < 1.29 is 13.2 Å². The van der Waals surface area contributed by atoms with Gasteiger partial charge in [0.15, 0.2) is 0 Å². The van der Waals surface area contributed by atoms with Crippen molar-refractivity contribution in [1.29, 1.82) is 0 Å². The zero-order chi connectivity index (χ0) is 17.8. The third kappa shape index (κ3) is 5.86. The van der Waals surface area contributed by atoms with Gasteiger partial charge in [-0.3, -0.25) is 9.10 Å². The molecule has 1 rings (SSSR count). The summed E-state index contributed by atoms with van der Waals surface area (Å²) < 4.78 is 25.6. The summed E-state index contributed by atoms with van der Waals surface area (Å²) >= 11 is 0. The molecule has 23 heavy (non-hydrogen) atoms. The van der Waals surface area contributed by atoms with Crippen molar-refractivity contribution >= 4 is 21.6 Å². The molecule has 1 atom stereocenters. The second-order valence-corrected chi connectivity index (χ2v) is 8.41. The van der Waals surface area contributed by atoms with Crippen molar-refractivity contribution in [3.05, 3.63) is 29.3 Å². The molecule has 0 bridgehead atoms. The minimum absolute atomic E-state index is 0.282. The maximum absolute atomic E-state index is 12.3. The van der Waals surface area contributed by atoms with Gasteiger partial charge in [-0.05, 0) is 56.4 Å². The highest BCUT2D eigenvalue weighted by molar-refractivity contribution is 7.92. The van der Waals surface area contributed by atoms with E-state index in [0.29, 0.717) is 18.2 Å². The molecule has 0 aromatic heterocycles. The van der Waals surface area contributed by atoms with Gasteiger partial charge in [0.25, 0.3) is 0 Å². The van der Waals surface area contributed by atoms with Crippen molar-refractivity contribution in [3.63, 3.8) is 0 Å². The van der Waals surface area contributed by atoms with Crippen LogP contribution in [0.1, 0.15) is 38.3 Å². The fourth-order valence-electron chi connectivity index (χ4n) is 2.52. The van der Waals surface area contributed by atoms with Crippen LogP contribution in [0, 0.1) is 19.8 Å². The van der Waals surface area contributed by atoms with Crippen LogP contribution in [0.4, 0.5) is 5.69 Å². The molecule has 0 radical (unpaired) electrons. The van der Waals surface area contributed by atoms with Gasteiger partial charge in [-0.25, -0.2) is 8.42 Å². The third-order valence-electron chi connectivity index (χ3n) is 3.57. The van der Waals surface area contributed by atoms with Crippen LogP contribution in [-0.2, 0) is 14.8 Å². The predicted octanol–water partition coefficient (Wildman–Crippen LogP) is 2.62. The second kappa shape index (κ2) is 7.81. The Kier molecular flexibility index (Phi) is 6.62. The van der Waals surface area contributed by atoms with E-state index in [2.05, 4.69) is 19.2 Å². The molecule has 0 unspecified atom stereocenters. The van der Waals surface area contributed by atoms with E-state index in [-0.39, 0.29) is 5.91 Å². The molecule has 0 aliphatic carbocycles. The highest BCUT2D eigenvalue weighted by Crippen LogP contribution is 2.23. The fourth-order valence-corrected chi connectivity index (χ4v) is 3.68. The van der Waals surface area contributed by atoms with Crippen LogP contribution >= 0.6 is 0 Å². The summed E-state index contributed by atoms with van der Waals surface area (Å²) in [6, 6.07) is 4.74. The molecule has 0 aliphatic rings. The number of hydrogen-bond donors (Lipinski definition) is 1. The molecule has 0 aliphatic heterocycles. The van der Waals surface area contributed by atoms with Crippen LogP contribution in [-0.4, -0.2) is 33.2 Å². The minimum atomic E-state index is -3.56. The fraction of sp³-hybridized carbons (Fsp3) is 0.588. The quantitative estimate of drug-likeness (QED) is 0.830. The Hall–Kier alpha value is -1.56. The van der Waals surface area contributed by atoms with Crippen molar-refractivity contribution in [1.82, 2.24) is 5.32 Å². The lowest BCUT2D eigenvalue weighted by Crippen LogP contribution is -2.48. The van der Waals surface area contributed by atoms with E-state index in [1.807, 2.05) is 19.9 Å². The number of sulfonamides is 1. The summed E-state index contributed by atoms with van der Waals surface area (Å²) in [7, 11) is -3.56. The molecule has 0 saturated heterocycles. The van der Waals surface area contributed by atoms with Crippen molar-refractivity contribution in [2.75, 3.05) is 17.1 Å². The summed E-state index contributed by atoms with van der Waals surface area (Å²) in [5, 5.41) is 2.82. The summed E-state index contributed by atoms with van der Waals surface area (Å²) in [5.74, 6) is 0.200. The second-order valence-electron chi connectivity index (χ2n) is 6.55. The first kappa shape index (κ1) is 19.5. The van der Waals surface area contributed by atoms with Gasteiger partial charge in [0, 0.05) is 6.54 Å². The lowest BCUT2D eigenvalue weighted by atomic mass is 10.1. The first-order chi connectivity index (χ1) is 10.5. The lowest BCUT2D eigenvalue weighted by Gasteiger charge is -2.29. The molecule has 0 fully saturated rings. The van der Waals surface area contributed by atoms with E-state index >= 15 is 0 Å². The summed E-state index contributed by atoms with van der Waals surface area (Å²) in [5.41, 5.74) is 2.44. The van der Waals surface area contributed by atoms with E-state index in [4.69, 9.17) is 0 Å². The number of nitrogens with one attached hydrogen (secondary N) is 1. The molecule has 1 N–H and O–H groups in total. The van der Waals surface area contributed by atoms with E-state index in [1.54, 1.807) is 19.1 Å². The van der Waals surface area contributed by atoms with Gasteiger partial charge in [-0.1, -0.05) is 19.9 Å². The van der Waals surface area contributed by atoms with E-state index < -0.39 is 16.1 Å². The van der Waals surface area contributed by atoms with E-state index in [0.717, 1.165) is 23.8 Å². The SMILES string of the molecule is Cc1cc(C)cc(N([C@@H](C)C(=O)NCCC(C)C)S(C)(=O)=O)c1. The molecule has 5 nitrogen and oxygen atoms in total. The summed E-state index contributed by atoms with van der Waals surface area (Å²) in [4.78, 5) is 12.3. The van der Waals surface area contributed by atoms with Gasteiger partial charge in [0.05, 0.1) is 11.9 Å². The smallest absolute Gasteiger partial charge is 0.243 e. The number of carbonyl (C=O) groups excluding carboxylic acids is 1. The number of benzene rings is 1. The molecule has 0 heterocycles. The Morgan fingerprint density at radius 3 is 2.09 bits per heavy atom. The maximum Gasteiger partial charge on any atom is 0.243 e. The van der Waals surface area contributed by atoms with Crippen LogP contribution in [0.15, 0.2) is 18.2 Å². The largest absolute Gasteiger partial charge is 0.354 e. The molecule has 1 amide bonds. The Bertz CT molecular complexity index is 634. The number of rotatable bonds is 7. The van der Waals surface area contributed by atoms with Crippen LogP contribution in [0.25, 0.3) is 0 Å². The Balaban J connectivity index is 3.05. The van der Waals surface area contributed by atoms with Gasteiger partial charge < -0.3 is 5.32 Å². The summed E-state index contributed by atoms with van der Waals surface area (Å²) in [6.07, 6.45) is 1.99. The van der Waals surface area contributed by atoms with E-state index in [9.17, 15) is 13.2 Å². The monoisotopic (exact) mass is 340 g/mol. The zero-order valence-corrected chi connectivity index (χ0v) is 15.7. The van der Waals surface area contributed by atoms with Crippen molar-refractivity contribution in [2.45, 2.75) is 47.1 Å². The maximum atomic E-state index is 12.3. The zero-order valence-electron chi connectivity index (χ0n) is 14.9. The molecule has 1 aromatic carbocycles. The molecule has 130 valence electrons. The molecule has 0 saturated carbocycles. The lowest BCUT2D eigenvalue weighted by molar-refractivity contribution is -0.121. The number of aryl methyl sites for hydroxylation is 2. The molecular formula is C17H28N2O3S. The van der Waals surface area contributed by atoms with E-state index in [1.165, 1.54) is 4.31 Å². The molecule has 6 heteroatoms. The number of nitrogens with zero attached hydrogens (tertiary/aromatic N) is 1. The topological polar surface area (TPSA) is 66.5 Å². The first-order valence-electron chi connectivity index (χ1n) is 7.87. The van der Waals surface area contributed by atoms with Crippen molar-refractivity contribution in [2.24, 2.45) is 5.92 Å². The van der Waals surface area contributed by atoms with Crippen LogP contribution in [0.2, 0.25) is 0 Å². The Labute approximate surface area is 140 Å². The van der Waals surface area contributed by atoms with Crippen LogP contribution in [0.3, 0.4) is 0 Å². The highest BCUT2D eigenvalue weighted by Gasteiger charge is 2.29. The number of amides is 1. The van der Waals surface area contributed by atoms with Gasteiger partial charge in [-0.15, -0.1) is 0 Å². The average molecular weight is 340 g/mol. The predicted molar refractivity (Wildman–Crippen MR) is 95.2 cm³/mol. The van der Waals surface area contributed by atoms with Gasteiger partial charge in [0.1, 0.15) is 6.04 Å². The molecular weight excluding hydrogens is 312 g/mol. The van der Waals surface area contributed by atoms with Crippen LogP contribution in [0.5, 0.6) is 0 Å². The molecule has 1 aromatic rings. The third-order valence-corrected chi connectivity index (χ3v) is 4.81. The number of hydrogen-bond acceptors (Lipinski definition) is 3. The molecule has 0 spiro atoms. The van der Waals surface area contributed by atoms with Gasteiger partial charge in [0.2, 0.25) is 15.9 Å². The Morgan fingerprint density at radius 2 is 1.65 bits per heavy atom. The van der Waals surface area contributed by atoms with Gasteiger partial charge in [-0.2, -0.15) is 0 Å². The Morgan fingerprint density at radius 1 is 1.13 bits per heavy atom.